The fraction of sp³-hybridized carbons (Fsp3) is 0.115. The summed E-state index contributed by atoms with van der Waals surface area (Å²) in [5, 5.41) is 3.33. The van der Waals surface area contributed by atoms with Crippen molar-refractivity contribution in [2.75, 3.05) is 5.32 Å². The molecule has 0 aliphatic carbocycles. The Balaban J connectivity index is 1.51. The summed E-state index contributed by atoms with van der Waals surface area (Å²) in [6, 6.07) is 19.0. The Bertz CT molecular complexity index is 1470. The van der Waals surface area contributed by atoms with E-state index in [9.17, 15) is 4.79 Å². The summed E-state index contributed by atoms with van der Waals surface area (Å²) >= 11 is 0. The van der Waals surface area contributed by atoms with E-state index >= 15 is 0 Å². The molecule has 0 saturated carbocycles. The second-order valence-electron chi connectivity index (χ2n) is 7.83. The molecule has 0 saturated heterocycles. The lowest BCUT2D eigenvalue weighted by Gasteiger charge is -2.05. The van der Waals surface area contributed by atoms with Gasteiger partial charge in [0.05, 0.1) is 34.7 Å². The number of rotatable bonds is 7. The molecule has 0 spiro atoms. The fourth-order valence-corrected chi connectivity index (χ4v) is 3.76. The van der Waals surface area contributed by atoms with Gasteiger partial charge in [0.1, 0.15) is 5.82 Å². The number of hydrogen-bond acceptors (Lipinski definition) is 6. The normalized spacial score (nSPS) is 11.0. The smallest absolute Gasteiger partial charge is 0.248 e. The fourth-order valence-electron chi connectivity index (χ4n) is 3.76. The van der Waals surface area contributed by atoms with Gasteiger partial charge in [-0.3, -0.25) is 19.7 Å². The highest BCUT2D eigenvalue weighted by molar-refractivity contribution is 5.93. The number of amides is 1. The zero-order valence-corrected chi connectivity index (χ0v) is 18.6. The Kier molecular flexibility index (Phi) is 5.70. The average molecular weight is 450 g/mol. The van der Waals surface area contributed by atoms with Crippen LogP contribution >= 0.6 is 0 Å². The summed E-state index contributed by atoms with van der Waals surface area (Å²) in [5.41, 5.74) is 12.7. The number of nitrogens with two attached hydrogens (primary N) is 1. The first-order valence-electron chi connectivity index (χ1n) is 11.0. The second kappa shape index (κ2) is 9.11. The van der Waals surface area contributed by atoms with Crippen molar-refractivity contribution in [3.63, 3.8) is 0 Å². The lowest BCUT2D eigenvalue weighted by molar-refractivity contribution is 0.100. The SMILES string of the molecule is CCc1cccc(-c2[nH]c(CNc3ccc(C(N)=O)cc3)nc2-c2ccc3nccnc3c2)n1. The molecular weight excluding hydrogens is 426 g/mol. The van der Waals surface area contributed by atoms with Crippen LogP contribution in [0.3, 0.4) is 0 Å². The Morgan fingerprint density at radius 2 is 1.76 bits per heavy atom. The Morgan fingerprint density at radius 3 is 2.53 bits per heavy atom. The van der Waals surface area contributed by atoms with Gasteiger partial charge in [0.2, 0.25) is 5.91 Å². The summed E-state index contributed by atoms with van der Waals surface area (Å²) < 4.78 is 0. The zero-order valence-electron chi connectivity index (χ0n) is 18.6. The minimum Gasteiger partial charge on any atom is -0.378 e. The molecular formula is C26H23N7O. The topological polar surface area (TPSA) is 122 Å². The van der Waals surface area contributed by atoms with Gasteiger partial charge in [-0.2, -0.15) is 0 Å². The van der Waals surface area contributed by atoms with Crippen LogP contribution in [0.4, 0.5) is 5.69 Å². The number of pyridine rings is 1. The Labute approximate surface area is 196 Å². The number of benzene rings is 2. The van der Waals surface area contributed by atoms with Crippen molar-refractivity contribution in [3.8, 4) is 22.6 Å². The first kappa shape index (κ1) is 21.3. The molecule has 0 aliphatic rings. The molecule has 0 radical (unpaired) electrons. The first-order chi connectivity index (χ1) is 16.6. The summed E-state index contributed by atoms with van der Waals surface area (Å²) in [5.74, 6) is 0.306. The molecule has 8 heteroatoms. The van der Waals surface area contributed by atoms with Gasteiger partial charge in [-0.25, -0.2) is 4.98 Å². The van der Waals surface area contributed by atoms with Crippen LogP contribution in [0.1, 0.15) is 28.8 Å². The molecule has 3 aromatic heterocycles. The number of fused-ring (bicyclic) bond motifs is 1. The van der Waals surface area contributed by atoms with Gasteiger partial charge in [0.25, 0.3) is 0 Å². The number of primary amides is 1. The molecule has 5 rings (SSSR count). The number of aromatic amines is 1. The highest BCUT2D eigenvalue weighted by Crippen LogP contribution is 2.31. The van der Waals surface area contributed by atoms with Crippen molar-refractivity contribution in [3.05, 3.63) is 90.1 Å². The number of carbonyl (C=O) groups excluding carboxylic acids is 1. The van der Waals surface area contributed by atoms with Gasteiger partial charge in [-0.05, 0) is 55.0 Å². The molecule has 3 heterocycles. The number of nitrogens with one attached hydrogen (secondary N) is 2. The van der Waals surface area contributed by atoms with Gasteiger partial charge in [-0.15, -0.1) is 0 Å². The Hall–Kier alpha value is -4.59. The third kappa shape index (κ3) is 4.33. The predicted molar refractivity (Wildman–Crippen MR) is 132 cm³/mol. The maximum Gasteiger partial charge on any atom is 0.248 e. The van der Waals surface area contributed by atoms with Crippen LogP contribution in [0, 0.1) is 0 Å². The van der Waals surface area contributed by atoms with E-state index < -0.39 is 5.91 Å². The molecule has 34 heavy (non-hydrogen) atoms. The largest absolute Gasteiger partial charge is 0.378 e. The Morgan fingerprint density at radius 1 is 0.971 bits per heavy atom. The van der Waals surface area contributed by atoms with E-state index in [1.807, 2.05) is 48.5 Å². The highest BCUT2D eigenvalue weighted by atomic mass is 16.1. The monoisotopic (exact) mass is 449 g/mol. The maximum absolute atomic E-state index is 11.3. The van der Waals surface area contributed by atoms with Crippen molar-refractivity contribution >= 4 is 22.6 Å². The molecule has 8 nitrogen and oxygen atoms in total. The van der Waals surface area contributed by atoms with Crippen molar-refractivity contribution in [1.29, 1.82) is 0 Å². The molecule has 0 aliphatic heterocycles. The lowest BCUT2D eigenvalue weighted by atomic mass is 10.1. The third-order valence-electron chi connectivity index (χ3n) is 5.55. The van der Waals surface area contributed by atoms with Crippen molar-refractivity contribution in [1.82, 2.24) is 24.9 Å². The van der Waals surface area contributed by atoms with Crippen LogP contribution in [-0.4, -0.2) is 30.8 Å². The molecule has 0 atom stereocenters. The van der Waals surface area contributed by atoms with Crippen LogP contribution in [0.15, 0.2) is 73.1 Å². The van der Waals surface area contributed by atoms with Gasteiger partial charge >= 0.3 is 0 Å². The molecule has 2 aromatic carbocycles. The number of carbonyl (C=O) groups is 1. The highest BCUT2D eigenvalue weighted by Gasteiger charge is 2.16. The zero-order chi connectivity index (χ0) is 23.5. The van der Waals surface area contributed by atoms with Gasteiger partial charge in [0, 0.05) is 34.9 Å². The standard InChI is InChI=1S/C26H23N7O/c1-2-18-4-3-5-21(31-18)25-24(17-8-11-20-22(14-17)29-13-12-28-20)32-23(33-25)15-30-19-9-6-16(7-10-19)26(27)34/h3-14,30H,2,15H2,1H3,(H2,27,34)(H,32,33). The lowest BCUT2D eigenvalue weighted by Crippen LogP contribution is -2.10. The van der Waals surface area contributed by atoms with E-state index in [1.54, 1.807) is 24.5 Å². The number of imidazole rings is 1. The number of aromatic nitrogens is 5. The molecule has 1 amide bonds. The number of anilines is 1. The minimum absolute atomic E-state index is 0.450. The van der Waals surface area contributed by atoms with Crippen LogP contribution in [-0.2, 0) is 13.0 Å². The van der Waals surface area contributed by atoms with E-state index in [-0.39, 0.29) is 0 Å². The molecule has 0 fully saturated rings. The summed E-state index contributed by atoms with van der Waals surface area (Å²) in [6.07, 6.45) is 4.21. The van der Waals surface area contributed by atoms with E-state index in [4.69, 9.17) is 15.7 Å². The molecule has 5 aromatic rings. The van der Waals surface area contributed by atoms with Crippen LogP contribution in [0.5, 0.6) is 0 Å². The van der Waals surface area contributed by atoms with E-state index in [1.165, 1.54) is 0 Å². The van der Waals surface area contributed by atoms with E-state index in [0.29, 0.717) is 12.1 Å². The van der Waals surface area contributed by atoms with Crippen LogP contribution in [0.2, 0.25) is 0 Å². The molecule has 4 N–H and O–H groups in total. The summed E-state index contributed by atoms with van der Waals surface area (Å²) in [6.45, 7) is 2.55. The van der Waals surface area contributed by atoms with Gasteiger partial charge < -0.3 is 16.0 Å². The quantitative estimate of drug-likeness (QED) is 0.339. The van der Waals surface area contributed by atoms with Crippen LogP contribution in [0.25, 0.3) is 33.7 Å². The molecule has 0 unspecified atom stereocenters. The summed E-state index contributed by atoms with van der Waals surface area (Å²) in [7, 11) is 0. The summed E-state index contributed by atoms with van der Waals surface area (Å²) in [4.78, 5) is 33.3. The van der Waals surface area contributed by atoms with E-state index in [2.05, 4.69) is 27.2 Å². The number of aryl methyl sites for hydroxylation is 1. The number of nitrogens with zero attached hydrogens (tertiary/aromatic N) is 4. The molecule has 168 valence electrons. The maximum atomic E-state index is 11.3. The van der Waals surface area contributed by atoms with Gasteiger partial charge in [0.15, 0.2) is 0 Å². The predicted octanol–water partition coefficient (Wildman–Crippen LogP) is 4.36. The third-order valence-corrected chi connectivity index (χ3v) is 5.55. The van der Waals surface area contributed by atoms with E-state index in [0.717, 1.165) is 57.3 Å². The van der Waals surface area contributed by atoms with Crippen LogP contribution < -0.4 is 11.1 Å². The second-order valence-corrected chi connectivity index (χ2v) is 7.83. The van der Waals surface area contributed by atoms with Gasteiger partial charge in [-0.1, -0.05) is 19.1 Å². The van der Waals surface area contributed by atoms with Crippen molar-refractivity contribution in [2.45, 2.75) is 19.9 Å². The van der Waals surface area contributed by atoms with Crippen molar-refractivity contribution < 1.29 is 4.79 Å². The number of H-pyrrole nitrogens is 1. The van der Waals surface area contributed by atoms with Crippen molar-refractivity contribution in [2.24, 2.45) is 5.73 Å². The first-order valence-corrected chi connectivity index (χ1v) is 11.0. The average Bonchev–Trinajstić information content (AvgIpc) is 3.32. The molecule has 0 bridgehead atoms. The minimum atomic E-state index is -0.450. The number of hydrogen-bond donors (Lipinski definition) is 3.